The van der Waals surface area contributed by atoms with Crippen LogP contribution in [0.1, 0.15) is 18.9 Å². The number of carboxylic acid groups (broad SMARTS) is 1. The molecule has 0 heterocycles. The minimum atomic E-state index is -1.24. The van der Waals surface area contributed by atoms with Gasteiger partial charge in [-0.3, -0.25) is 9.59 Å². The lowest BCUT2D eigenvalue weighted by Gasteiger charge is -2.17. The number of hydrogen-bond donors (Lipinski definition) is 3. The van der Waals surface area contributed by atoms with Crippen molar-refractivity contribution in [1.29, 1.82) is 0 Å². The van der Waals surface area contributed by atoms with Gasteiger partial charge in [0.2, 0.25) is 0 Å². The Bertz CT molecular complexity index is 534. The molecular formula is C14H17F2NO4. The monoisotopic (exact) mass is 301 g/mol. The molecule has 0 bridgehead atoms. The Morgan fingerprint density at radius 1 is 1.29 bits per heavy atom. The highest BCUT2D eigenvalue weighted by atomic mass is 19.2. The molecule has 0 spiro atoms. The molecule has 0 aliphatic heterocycles. The quantitative estimate of drug-likeness (QED) is 0.694. The van der Waals surface area contributed by atoms with Crippen molar-refractivity contribution in [3.63, 3.8) is 0 Å². The van der Waals surface area contributed by atoms with Gasteiger partial charge in [-0.05, 0) is 31.0 Å². The first-order chi connectivity index (χ1) is 9.72. The summed E-state index contributed by atoms with van der Waals surface area (Å²) in [4.78, 5) is 22.9. The van der Waals surface area contributed by atoms with Crippen LogP contribution in [0.25, 0.3) is 0 Å². The topological polar surface area (TPSA) is 101 Å². The summed E-state index contributed by atoms with van der Waals surface area (Å²) in [6.45, 7) is 1.33. The standard InChI is InChI=1S/C14H17F2NO4/c1-7(18)13(17)12(19)6-9(14(20)21)4-8-2-3-10(15)11(16)5-8/h2-3,5,7,9,13,18H,4,6,17H2,1H3,(H,20,21)/t7-,9?,13+/m0/s1. The number of rotatable bonds is 7. The predicted octanol–water partition coefficient (Wildman–Crippen LogP) is 0.875. The minimum absolute atomic E-state index is 0.134. The largest absolute Gasteiger partial charge is 0.481 e. The Morgan fingerprint density at radius 3 is 2.38 bits per heavy atom. The normalized spacial score (nSPS) is 15.3. The molecule has 4 N–H and O–H groups in total. The van der Waals surface area contributed by atoms with Crippen LogP contribution in [0.15, 0.2) is 18.2 Å². The van der Waals surface area contributed by atoms with E-state index in [9.17, 15) is 23.5 Å². The summed E-state index contributed by atoms with van der Waals surface area (Å²) in [5.41, 5.74) is 5.71. The molecule has 0 saturated heterocycles. The molecule has 1 aromatic rings. The fraction of sp³-hybridized carbons (Fsp3) is 0.429. The fourth-order valence-corrected chi connectivity index (χ4v) is 1.85. The number of aliphatic carboxylic acids is 1. The van der Waals surface area contributed by atoms with E-state index in [4.69, 9.17) is 10.8 Å². The van der Waals surface area contributed by atoms with E-state index in [1.54, 1.807) is 0 Å². The number of nitrogens with two attached hydrogens (primary N) is 1. The lowest BCUT2D eigenvalue weighted by atomic mass is 9.91. The Kier molecular flexibility index (Phi) is 5.92. The Balaban J connectivity index is 2.81. The first kappa shape index (κ1) is 17.2. The fourth-order valence-electron chi connectivity index (χ4n) is 1.85. The average Bonchev–Trinajstić information content (AvgIpc) is 2.40. The van der Waals surface area contributed by atoms with Crippen LogP contribution in [0.2, 0.25) is 0 Å². The summed E-state index contributed by atoms with van der Waals surface area (Å²) in [7, 11) is 0. The lowest BCUT2D eigenvalue weighted by molar-refractivity contribution is -0.144. The molecular weight excluding hydrogens is 284 g/mol. The molecule has 0 aromatic heterocycles. The van der Waals surface area contributed by atoms with E-state index in [2.05, 4.69) is 0 Å². The van der Waals surface area contributed by atoms with Gasteiger partial charge in [0.25, 0.3) is 0 Å². The van der Waals surface area contributed by atoms with Crippen LogP contribution in [0.5, 0.6) is 0 Å². The summed E-state index contributed by atoms with van der Waals surface area (Å²) in [6.07, 6.45) is -1.61. The van der Waals surface area contributed by atoms with E-state index < -0.39 is 41.5 Å². The molecule has 0 radical (unpaired) electrons. The molecule has 21 heavy (non-hydrogen) atoms. The van der Waals surface area contributed by atoms with E-state index in [-0.39, 0.29) is 18.4 Å². The third-order valence-electron chi connectivity index (χ3n) is 3.15. The molecule has 1 aromatic carbocycles. The maximum Gasteiger partial charge on any atom is 0.307 e. The van der Waals surface area contributed by atoms with Crippen LogP contribution in [-0.4, -0.2) is 34.1 Å². The zero-order valence-corrected chi connectivity index (χ0v) is 11.4. The van der Waals surface area contributed by atoms with Crippen molar-refractivity contribution in [2.45, 2.75) is 31.9 Å². The molecule has 5 nitrogen and oxygen atoms in total. The Hall–Kier alpha value is -1.86. The number of aliphatic hydroxyl groups is 1. The van der Waals surface area contributed by atoms with Gasteiger partial charge in [-0.1, -0.05) is 6.07 Å². The summed E-state index contributed by atoms with van der Waals surface area (Å²) in [5, 5.41) is 18.3. The molecule has 0 saturated carbocycles. The number of halogens is 2. The van der Waals surface area contributed by atoms with Crippen LogP contribution in [0.4, 0.5) is 8.78 Å². The van der Waals surface area contributed by atoms with Crippen molar-refractivity contribution < 1.29 is 28.6 Å². The second kappa shape index (κ2) is 7.24. The van der Waals surface area contributed by atoms with Gasteiger partial charge >= 0.3 is 5.97 Å². The first-order valence-corrected chi connectivity index (χ1v) is 6.35. The van der Waals surface area contributed by atoms with Crippen LogP contribution in [-0.2, 0) is 16.0 Å². The molecule has 116 valence electrons. The molecule has 7 heteroatoms. The van der Waals surface area contributed by atoms with Crippen molar-refractivity contribution >= 4 is 11.8 Å². The summed E-state index contributed by atoms with van der Waals surface area (Å²) in [5.74, 6) is -5.07. The van der Waals surface area contributed by atoms with Crippen molar-refractivity contribution in [3.05, 3.63) is 35.4 Å². The van der Waals surface area contributed by atoms with E-state index in [1.165, 1.54) is 13.0 Å². The number of carbonyl (C=O) groups is 2. The van der Waals surface area contributed by atoms with Gasteiger partial charge in [-0.25, -0.2) is 8.78 Å². The van der Waals surface area contributed by atoms with Crippen LogP contribution < -0.4 is 5.73 Å². The van der Waals surface area contributed by atoms with E-state index in [0.29, 0.717) is 0 Å². The Labute approximate surface area is 120 Å². The van der Waals surface area contributed by atoms with Gasteiger partial charge in [-0.2, -0.15) is 0 Å². The van der Waals surface area contributed by atoms with Crippen molar-refractivity contribution in [1.82, 2.24) is 0 Å². The Morgan fingerprint density at radius 2 is 1.90 bits per heavy atom. The van der Waals surface area contributed by atoms with Gasteiger partial charge in [0.15, 0.2) is 17.4 Å². The number of aliphatic hydroxyl groups excluding tert-OH is 1. The molecule has 1 rings (SSSR count). The highest BCUT2D eigenvalue weighted by molar-refractivity contribution is 5.88. The maximum atomic E-state index is 13.1. The lowest BCUT2D eigenvalue weighted by Crippen LogP contribution is -2.41. The number of carbonyl (C=O) groups excluding carboxylic acids is 1. The van der Waals surface area contributed by atoms with Crippen molar-refractivity contribution in [2.75, 3.05) is 0 Å². The number of carboxylic acids is 1. The van der Waals surface area contributed by atoms with Crippen LogP contribution >= 0.6 is 0 Å². The molecule has 0 amide bonds. The maximum absolute atomic E-state index is 13.1. The zero-order chi connectivity index (χ0) is 16.2. The van der Waals surface area contributed by atoms with Gasteiger partial charge in [-0.15, -0.1) is 0 Å². The molecule has 0 aliphatic rings. The first-order valence-electron chi connectivity index (χ1n) is 6.35. The van der Waals surface area contributed by atoms with Crippen molar-refractivity contribution in [3.8, 4) is 0 Å². The third kappa shape index (κ3) is 4.87. The molecule has 3 atom stereocenters. The second-order valence-electron chi connectivity index (χ2n) is 4.92. The number of ketones is 1. The summed E-state index contributed by atoms with van der Waals surface area (Å²) >= 11 is 0. The van der Waals surface area contributed by atoms with Crippen LogP contribution in [0, 0.1) is 17.6 Å². The molecule has 1 unspecified atom stereocenters. The van der Waals surface area contributed by atoms with Gasteiger partial charge in [0.1, 0.15) is 0 Å². The van der Waals surface area contributed by atoms with Crippen LogP contribution in [0.3, 0.4) is 0 Å². The average molecular weight is 301 g/mol. The number of Topliss-reactive ketones (excluding diaryl/α,β-unsaturated/α-hetero) is 1. The SMILES string of the molecule is C[C@H](O)[C@@H](N)C(=O)CC(Cc1ccc(F)c(F)c1)C(=O)O. The summed E-state index contributed by atoms with van der Waals surface area (Å²) < 4.78 is 25.9. The number of benzene rings is 1. The molecule has 0 aliphatic carbocycles. The van der Waals surface area contributed by atoms with Gasteiger partial charge in [0, 0.05) is 6.42 Å². The third-order valence-corrected chi connectivity index (χ3v) is 3.15. The number of hydrogen-bond acceptors (Lipinski definition) is 4. The summed E-state index contributed by atoms with van der Waals surface area (Å²) in [6, 6.07) is 1.88. The minimum Gasteiger partial charge on any atom is -0.481 e. The highest BCUT2D eigenvalue weighted by Crippen LogP contribution is 2.17. The van der Waals surface area contributed by atoms with Gasteiger partial charge in [0.05, 0.1) is 18.1 Å². The molecule has 0 fully saturated rings. The van der Waals surface area contributed by atoms with Crippen molar-refractivity contribution in [2.24, 2.45) is 11.7 Å². The predicted molar refractivity (Wildman–Crippen MR) is 70.5 cm³/mol. The van der Waals surface area contributed by atoms with E-state index in [0.717, 1.165) is 12.1 Å². The smallest absolute Gasteiger partial charge is 0.307 e. The van der Waals surface area contributed by atoms with Gasteiger partial charge < -0.3 is 15.9 Å². The highest BCUT2D eigenvalue weighted by Gasteiger charge is 2.27. The zero-order valence-electron chi connectivity index (χ0n) is 11.4. The van der Waals surface area contributed by atoms with E-state index in [1.807, 2.05) is 0 Å². The van der Waals surface area contributed by atoms with E-state index >= 15 is 0 Å². The second-order valence-corrected chi connectivity index (χ2v) is 4.92.